The average Bonchev–Trinajstić information content (AvgIpc) is 2.97. The summed E-state index contributed by atoms with van der Waals surface area (Å²) in [5.41, 5.74) is 0. The molecule has 1 atom stereocenters. The van der Waals surface area contributed by atoms with Gasteiger partial charge in [0.05, 0.1) is 9.21 Å². The standard InChI is InChI=1S/C11H9ClO3S3/c1-7(11(13)8-4-5-9(12)17-8)18(14,15)10-3-2-6-16-10/h2-7H,1H3. The summed E-state index contributed by atoms with van der Waals surface area (Å²) in [4.78, 5) is 12.4. The zero-order valence-corrected chi connectivity index (χ0v) is 12.5. The monoisotopic (exact) mass is 320 g/mol. The lowest BCUT2D eigenvalue weighted by molar-refractivity contribution is 0.0995. The van der Waals surface area contributed by atoms with Gasteiger partial charge in [-0.2, -0.15) is 0 Å². The number of sulfone groups is 1. The Balaban J connectivity index is 2.32. The Hall–Kier alpha value is -0.690. The van der Waals surface area contributed by atoms with Gasteiger partial charge in [-0.1, -0.05) is 17.7 Å². The zero-order chi connectivity index (χ0) is 13.3. The van der Waals surface area contributed by atoms with E-state index in [1.165, 1.54) is 13.0 Å². The SMILES string of the molecule is CC(C(=O)c1ccc(Cl)s1)S(=O)(=O)c1cccs1. The van der Waals surface area contributed by atoms with E-state index in [-0.39, 0.29) is 4.21 Å². The van der Waals surface area contributed by atoms with Crippen molar-refractivity contribution in [2.24, 2.45) is 0 Å². The summed E-state index contributed by atoms with van der Waals surface area (Å²) in [6, 6.07) is 6.29. The van der Waals surface area contributed by atoms with E-state index in [4.69, 9.17) is 11.6 Å². The summed E-state index contributed by atoms with van der Waals surface area (Å²) in [6.07, 6.45) is 0. The Morgan fingerprint density at radius 3 is 2.56 bits per heavy atom. The van der Waals surface area contributed by atoms with Crippen LogP contribution in [0, 0.1) is 0 Å². The Labute approximate surface area is 118 Å². The number of halogens is 1. The van der Waals surface area contributed by atoms with Gasteiger partial charge in [-0.15, -0.1) is 22.7 Å². The first-order chi connectivity index (χ1) is 8.43. The second-order valence-electron chi connectivity index (χ2n) is 3.59. The van der Waals surface area contributed by atoms with Crippen molar-refractivity contribution in [2.75, 3.05) is 0 Å². The number of ketones is 1. The fourth-order valence-corrected chi connectivity index (χ4v) is 5.14. The first-order valence-electron chi connectivity index (χ1n) is 5.00. The molecule has 0 radical (unpaired) electrons. The predicted molar refractivity (Wildman–Crippen MR) is 74.6 cm³/mol. The van der Waals surface area contributed by atoms with E-state index >= 15 is 0 Å². The first-order valence-corrected chi connectivity index (χ1v) is 8.62. The van der Waals surface area contributed by atoms with Crippen LogP contribution in [0.15, 0.2) is 33.9 Å². The number of hydrogen-bond donors (Lipinski definition) is 0. The van der Waals surface area contributed by atoms with Gasteiger partial charge < -0.3 is 0 Å². The van der Waals surface area contributed by atoms with Crippen LogP contribution in [-0.2, 0) is 9.84 Å². The Kier molecular flexibility index (Phi) is 3.91. The third-order valence-electron chi connectivity index (χ3n) is 2.43. The lowest BCUT2D eigenvalue weighted by Crippen LogP contribution is -2.26. The van der Waals surface area contributed by atoms with E-state index < -0.39 is 20.9 Å². The molecule has 0 saturated carbocycles. The molecule has 0 aliphatic heterocycles. The van der Waals surface area contributed by atoms with E-state index in [0.29, 0.717) is 9.21 Å². The minimum absolute atomic E-state index is 0.214. The number of thiophene rings is 2. The molecule has 7 heteroatoms. The Morgan fingerprint density at radius 1 is 1.33 bits per heavy atom. The molecule has 0 N–H and O–H groups in total. The van der Waals surface area contributed by atoms with Crippen molar-refractivity contribution >= 4 is 49.9 Å². The van der Waals surface area contributed by atoms with Crippen molar-refractivity contribution in [1.82, 2.24) is 0 Å². The molecule has 1 unspecified atom stereocenters. The highest BCUT2D eigenvalue weighted by molar-refractivity contribution is 7.94. The maximum absolute atomic E-state index is 12.2. The molecule has 0 aliphatic carbocycles. The van der Waals surface area contributed by atoms with Crippen molar-refractivity contribution < 1.29 is 13.2 Å². The van der Waals surface area contributed by atoms with E-state index in [0.717, 1.165) is 22.7 Å². The number of carbonyl (C=O) groups is 1. The highest BCUT2D eigenvalue weighted by atomic mass is 35.5. The van der Waals surface area contributed by atoms with Crippen LogP contribution in [0.5, 0.6) is 0 Å². The molecule has 0 amide bonds. The summed E-state index contributed by atoms with van der Waals surface area (Å²) in [7, 11) is -3.60. The molecule has 0 aromatic carbocycles. The number of rotatable bonds is 4. The van der Waals surface area contributed by atoms with Crippen LogP contribution in [0.2, 0.25) is 4.34 Å². The van der Waals surface area contributed by atoms with E-state index in [1.807, 2.05) is 0 Å². The molecule has 2 heterocycles. The van der Waals surface area contributed by atoms with Gasteiger partial charge in [-0.3, -0.25) is 4.79 Å². The highest BCUT2D eigenvalue weighted by Gasteiger charge is 2.31. The van der Waals surface area contributed by atoms with Gasteiger partial charge in [0.1, 0.15) is 9.46 Å². The fraction of sp³-hybridized carbons (Fsp3) is 0.182. The van der Waals surface area contributed by atoms with E-state index in [1.54, 1.807) is 23.6 Å². The Morgan fingerprint density at radius 2 is 2.06 bits per heavy atom. The van der Waals surface area contributed by atoms with Crippen molar-refractivity contribution in [3.8, 4) is 0 Å². The van der Waals surface area contributed by atoms with Gasteiger partial charge in [0.2, 0.25) is 0 Å². The molecule has 0 bridgehead atoms. The molecule has 2 rings (SSSR count). The third kappa shape index (κ3) is 2.51. The van der Waals surface area contributed by atoms with Gasteiger partial charge in [0.15, 0.2) is 15.6 Å². The fourth-order valence-electron chi connectivity index (χ4n) is 1.39. The molecule has 2 aromatic heterocycles. The maximum atomic E-state index is 12.2. The topological polar surface area (TPSA) is 51.2 Å². The van der Waals surface area contributed by atoms with Crippen LogP contribution in [0.3, 0.4) is 0 Å². The van der Waals surface area contributed by atoms with Crippen molar-refractivity contribution in [1.29, 1.82) is 0 Å². The lowest BCUT2D eigenvalue weighted by Gasteiger charge is -2.08. The second kappa shape index (κ2) is 5.13. The molecule has 2 aromatic rings. The van der Waals surface area contributed by atoms with Crippen molar-refractivity contribution in [3.05, 3.63) is 38.9 Å². The molecule has 0 saturated heterocycles. The van der Waals surface area contributed by atoms with Gasteiger partial charge in [0.25, 0.3) is 0 Å². The normalized spacial score (nSPS) is 13.4. The first kappa shape index (κ1) is 13.7. The van der Waals surface area contributed by atoms with E-state index in [9.17, 15) is 13.2 Å². The summed E-state index contributed by atoms with van der Waals surface area (Å²) < 4.78 is 25.0. The molecule has 18 heavy (non-hydrogen) atoms. The van der Waals surface area contributed by atoms with Crippen LogP contribution in [-0.4, -0.2) is 19.5 Å². The number of Topliss-reactive ketones (excluding diaryl/α,β-unsaturated/α-hetero) is 1. The largest absolute Gasteiger partial charge is 0.292 e. The van der Waals surface area contributed by atoms with Crippen LogP contribution in [0.25, 0.3) is 0 Å². The van der Waals surface area contributed by atoms with Crippen LogP contribution in [0.1, 0.15) is 16.6 Å². The van der Waals surface area contributed by atoms with Gasteiger partial charge >= 0.3 is 0 Å². The average molecular weight is 321 g/mol. The van der Waals surface area contributed by atoms with Gasteiger partial charge in [-0.25, -0.2) is 8.42 Å². The second-order valence-corrected chi connectivity index (χ2v) is 8.75. The summed E-state index contributed by atoms with van der Waals surface area (Å²) >= 11 is 7.95. The van der Waals surface area contributed by atoms with Crippen molar-refractivity contribution in [2.45, 2.75) is 16.4 Å². The summed E-state index contributed by atoms with van der Waals surface area (Å²) in [5, 5.41) is 0.581. The molecular formula is C11H9ClO3S3. The summed E-state index contributed by atoms with van der Waals surface area (Å²) in [5.74, 6) is -0.416. The molecule has 0 fully saturated rings. The van der Waals surface area contributed by atoms with Crippen LogP contribution >= 0.6 is 34.3 Å². The lowest BCUT2D eigenvalue weighted by atomic mass is 10.2. The smallest absolute Gasteiger partial charge is 0.197 e. The molecule has 3 nitrogen and oxygen atoms in total. The van der Waals surface area contributed by atoms with Crippen LogP contribution in [0.4, 0.5) is 0 Å². The Bertz CT molecular complexity index is 656. The minimum Gasteiger partial charge on any atom is -0.292 e. The molecule has 96 valence electrons. The van der Waals surface area contributed by atoms with E-state index in [2.05, 4.69) is 0 Å². The van der Waals surface area contributed by atoms with Gasteiger partial charge in [-0.05, 0) is 30.5 Å². The minimum atomic E-state index is -3.60. The quantitative estimate of drug-likeness (QED) is 0.810. The van der Waals surface area contributed by atoms with Crippen LogP contribution < -0.4 is 0 Å². The molecular weight excluding hydrogens is 312 g/mol. The predicted octanol–water partition coefficient (Wildman–Crippen LogP) is 3.51. The third-order valence-corrected chi connectivity index (χ3v) is 7.16. The molecule has 0 spiro atoms. The maximum Gasteiger partial charge on any atom is 0.197 e. The van der Waals surface area contributed by atoms with Crippen molar-refractivity contribution in [3.63, 3.8) is 0 Å². The van der Waals surface area contributed by atoms with Gasteiger partial charge in [0, 0.05) is 0 Å². The number of hydrogen-bond acceptors (Lipinski definition) is 5. The molecule has 0 aliphatic rings. The zero-order valence-electron chi connectivity index (χ0n) is 9.29. The highest BCUT2D eigenvalue weighted by Crippen LogP contribution is 2.27. The summed E-state index contributed by atoms with van der Waals surface area (Å²) in [6.45, 7) is 1.41. The number of carbonyl (C=O) groups excluding carboxylic acids is 1.